The molecule has 0 saturated heterocycles. The maximum atomic E-state index is 12.1. The minimum atomic E-state index is -0.131. The summed E-state index contributed by atoms with van der Waals surface area (Å²) in [6.07, 6.45) is 0.946. The van der Waals surface area contributed by atoms with Crippen LogP contribution in [0.25, 0.3) is 0 Å². The monoisotopic (exact) mass is 308 g/mol. The second-order valence-corrected chi connectivity index (χ2v) is 6.01. The van der Waals surface area contributed by atoms with Crippen LogP contribution in [0.4, 0.5) is 0 Å². The molecule has 0 radical (unpaired) electrons. The van der Waals surface area contributed by atoms with Crippen LogP contribution in [0.3, 0.4) is 0 Å². The second-order valence-electron chi connectivity index (χ2n) is 5.58. The summed E-state index contributed by atoms with van der Waals surface area (Å²) in [5, 5.41) is 3.51. The van der Waals surface area contributed by atoms with Gasteiger partial charge in [-0.05, 0) is 37.0 Å². The first-order chi connectivity index (χ1) is 10.0. The molecule has 2 amide bonds. The molecule has 21 heavy (non-hydrogen) atoms. The van der Waals surface area contributed by atoms with Crippen molar-refractivity contribution in [3.8, 4) is 0 Å². The van der Waals surface area contributed by atoms with Crippen LogP contribution >= 0.6 is 11.6 Å². The number of amides is 2. The van der Waals surface area contributed by atoms with Gasteiger partial charge in [-0.1, -0.05) is 30.7 Å². The molecule has 0 aromatic heterocycles. The molecule has 1 saturated carbocycles. The Bertz CT molecular complexity index is 516. The summed E-state index contributed by atoms with van der Waals surface area (Å²) in [4.78, 5) is 25.7. The van der Waals surface area contributed by atoms with Gasteiger partial charge in [-0.3, -0.25) is 9.59 Å². The third-order valence-electron chi connectivity index (χ3n) is 3.86. The number of nitrogens with one attached hydrogen (secondary N) is 1. The molecule has 0 heterocycles. The van der Waals surface area contributed by atoms with Crippen LogP contribution in [0.15, 0.2) is 24.3 Å². The van der Waals surface area contributed by atoms with E-state index in [-0.39, 0.29) is 24.3 Å². The van der Waals surface area contributed by atoms with E-state index in [4.69, 9.17) is 11.6 Å². The molecule has 0 unspecified atom stereocenters. The van der Waals surface area contributed by atoms with Gasteiger partial charge in [0.25, 0.3) is 0 Å². The maximum absolute atomic E-state index is 12.1. The lowest BCUT2D eigenvalue weighted by Crippen LogP contribution is -2.41. The average molecular weight is 309 g/mol. The Kier molecular flexibility index (Phi) is 5.23. The van der Waals surface area contributed by atoms with Crippen molar-refractivity contribution in [2.75, 3.05) is 13.1 Å². The number of halogens is 1. The first-order valence-corrected chi connectivity index (χ1v) is 7.69. The molecular weight excluding hydrogens is 288 g/mol. The quantitative estimate of drug-likeness (QED) is 0.877. The Morgan fingerprint density at radius 3 is 2.48 bits per heavy atom. The average Bonchev–Trinajstić information content (AvgIpc) is 3.20. The predicted molar refractivity (Wildman–Crippen MR) is 82.8 cm³/mol. The van der Waals surface area contributed by atoms with E-state index >= 15 is 0 Å². The lowest BCUT2D eigenvalue weighted by molar-refractivity contribution is -0.137. The van der Waals surface area contributed by atoms with Gasteiger partial charge in [0, 0.05) is 24.0 Å². The van der Waals surface area contributed by atoms with Crippen LogP contribution in [-0.2, 0) is 16.1 Å². The van der Waals surface area contributed by atoms with Crippen LogP contribution in [0.5, 0.6) is 0 Å². The van der Waals surface area contributed by atoms with Crippen molar-refractivity contribution in [1.29, 1.82) is 0 Å². The topological polar surface area (TPSA) is 49.4 Å². The van der Waals surface area contributed by atoms with Crippen molar-refractivity contribution < 1.29 is 9.59 Å². The standard InChI is InChI=1S/C16H21ClN2O2/c1-3-19(16(21)14-8-11(14)2)10-15(20)18-9-12-4-6-13(17)7-5-12/h4-7,11,14H,3,8-10H2,1-2H3,(H,18,20)/t11-,14+/m1/s1. The van der Waals surface area contributed by atoms with Gasteiger partial charge >= 0.3 is 0 Å². The molecule has 1 aliphatic rings. The zero-order chi connectivity index (χ0) is 15.4. The van der Waals surface area contributed by atoms with Gasteiger partial charge in [-0.25, -0.2) is 0 Å². The molecule has 2 atom stereocenters. The summed E-state index contributed by atoms with van der Waals surface area (Å²) < 4.78 is 0. The maximum Gasteiger partial charge on any atom is 0.239 e. The number of hydrogen-bond donors (Lipinski definition) is 1. The fourth-order valence-electron chi connectivity index (χ4n) is 2.28. The molecule has 114 valence electrons. The van der Waals surface area contributed by atoms with E-state index in [1.165, 1.54) is 0 Å². The Morgan fingerprint density at radius 1 is 1.33 bits per heavy atom. The van der Waals surface area contributed by atoms with Crippen molar-refractivity contribution in [3.05, 3.63) is 34.9 Å². The molecule has 1 N–H and O–H groups in total. The van der Waals surface area contributed by atoms with Crippen LogP contribution in [0, 0.1) is 11.8 Å². The first kappa shape index (κ1) is 15.8. The van der Waals surface area contributed by atoms with E-state index < -0.39 is 0 Å². The Balaban J connectivity index is 1.80. The van der Waals surface area contributed by atoms with Crippen LogP contribution < -0.4 is 5.32 Å². The number of carbonyl (C=O) groups excluding carboxylic acids is 2. The molecule has 0 bridgehead atoms. The zero-order valence-electron chi connectivity index (χ0n) is 12.4. The van der Waals surface area contributed by atoms with Crippen molar-refractivity contribution in [1.82, 2.24) is 10.2 Å². The van der Waals surface area contributed by atoms with Gasteiger partial charge < -0.3 is 10.2 Å². The summed E-state index contributed by atoms with van der Waals surface area (Å²) in [6, 6.07) is 7.33. The smallest absolute Gasteiger partial charge is 0.239 e. The van der Waals surface area contributed by atoms with Gasteiger partial charge in [0.2, 0.25) is 11.8 Å². The van der Waals surface area contributed by atoms with Crippen molar-refractivity contribution in [3.63, 3.8) is 0 Å². The Morgan fingerprint density at radius 2 is 1.95 bits per heavy atom. The van der Waals surface area contributed by atoms with Crippen LogP contribution in [0.1, 0.15) is 25.8 Å². The van der Waals surface area contributed by atoms with E-state index in [0.717, 1.165) is 12.0 Å². The molecule has 1 aliphatic carbocycles. The summed E-state index contributed by atoms with van der Waals surface area (Å²) in [7, 11) is 0. The normalized spacial score (nSPS) is 20.0. The summed E-state index contributed by atoms with van der Waals surface area (Å²) in [6.45, 7) is 5.11. The highest BCUT2D eigenvalue weighted by atomic mass is 35.5. The number of hydrogen-bond acceptors (Lipinski definition) is 2. The molecule has 1 aromatic carbocycles. The third-order valence-corrected chi connectivity index (χ3v) is 4.11. The molecule has 5 heteroatoms. The van der Waals surface area contributed by atoms with E-state index in [0.29, 0.717) is 24.0 Å². The van der Waals surface area contributed by atoms with Crippen LogP contribution in [-0.4, -0.2) is 29.8 Å². The van der Waals surface area contributed by atoms with Gasteiger partial charge in [-0.2, -0.15) is 0 Å². The highest BCUT2D eigenvalue weighted by Gasteiger charge is 2.41. The molecule has 1 fully saturated rings. The fourth-order valence-corrected chi connectivity index (χ4v) is 2.40. The van der Waals surface area contributed by atoms with E-state index in [2.05, 4.69) is 12.2 Å². The van der Waals surface area contributed by atoms with Gasteiger partial charge in [0.05, 0.1) is 6.54 Å². The SMILES string of the molecule is CCN(CC(=O)NCc1ccc(Cl)cc1)C(=O)[C@H]1C[C@H]1C. The summed E-state index contributed by atoms with van der Waals surface area (Å²) in [5.41, 5.74) is 0.984. The predicted octanol–water partition coefficient (Wildman–Crippen LogP) is 2.46. The molecule has 2 rings (SSSR count). The summed E-state index contributed by atoms with van der Waals surface area (Å²) in [5.74, 6) is 0.554. The second kappa shape index (κ2) is 6.94. The Labute approximate surface area is 130 Å². The Hall–Kier alpha value is -1.55. The highest BCUT2D eigenvalue weighted by Crippen LogP contribution is 2.39. The highest BCUT2D eigenvalue weighted by molar-refractivity contribution is 6.30. The van der Waals surface area contributed by atoms with Gasteiger partial charge in [0.15, 0.2) is 0 Å². The first-order valence-electron chi connectivity index (χ1n) is 7.31. The third kappa shape index (κ3) is 4.46. The van der Waals surface area contributed by atoms with E-state index in [1.54, 1.807) is 17.0 Å². The van der Waals surface area contributed by atoms with Crippen molar-refractivity contribution >= 4 is 23.4 Å². The van der Waals surface area contributed by atoms with Gasteiger partial charge in [0.1, 0.15) is 0 Å². The lowest BCUT2D eigenvalue weighted by Gasteiger charge is -2.20. The summed E-state index contributed by atoms with van der Waals surface area (Å²) >= 11 is 5.81. The fraction of sp³-hybridized carbons (Fsp3) is 0.500. The molecule has 0 aliphatic heterocycles. The molecule has 0 spiro atoms. The number of benzene rings is 1. The minimum absolute atomic E-state index is 0.103. The molecule has 1 aromatic rings. The van der Waals surface area contributed by atoms with Crippen molar-refractivity contribution in [2.24, 2.45) is 11.8 Å². The van der Waals surface area contributed by atoms with Crippen molar-refractivity contribution in [2.45, 2.75) is 26.8 Å². The number of nitrogens with zero attached hydrogens (tertiary/aromatic N) is 1. The van der Waals surface area contributed by atoms with E-state index in [9.17, 15) is 9.59 Å². The minimum Gasteiger partial charge on any atom is -0.350 e. The van der Waals surface area contributed by atoms with Crippen LogP contribution in [0.2, 0.25) is 5.02 Å². The number of carbonyl (C=O) groups is 2. The van der Waals surface area contributed by atoms with E-state index in [1.807, 2.05) is 19.1 Å². The zero-order valence-corrected chi connectivity index (χ0v) is 13.2. The number of rotatable bonds is 6. The lowest BCUT2D eigenvalue weighted by atomic mass is 10.2. The number of likely N-dealkylation sites (N-methyl/N-ethyl adjacent to an activating group) is 1. The van der Waals surface area contributed by atoms with Gasteiger partial charge in [-0.15, -0.1) is 0 Å². The largest absolute Gasteiger partial charge is 0.350 e. The molecular formula is C16H21ClN2O2. The molecule has 4 nitrogen and oxygen atoms in total.